The number of pyridine rings is 1. The molecule has 0 bridgehead atoms. The van der Waals surface area contributed by atoms with Crippen LogP contribution in [0.2, 0.25) is 0 Å². The van der Waals surface area contributed by atoms with Crippen LogP contribution in [0.5, 0.6) is 5.75 Å². The van der Waals surface area contributed by atoms with Crippen molar-refractivity contribution in [2.75, 3.05) is 24.6 Å². The quantitative estimate of drug-likeness (QED) is 0.733. The third-order valence-electron chi connectivity index (χ3n) is 4.11. The Labute approximate surface area is 132 Å². The van der Waals surface area contributed by atoms with Gasteiger partial charge in [-0.2, -0.15) is 13.2 Å². The van der Waals surface area contributed by atoms with Crippen molar-refractivity contribution in [3.05, 3.63) is 17.8 Å². The fourth-order valence-electron chi connectivity index (χ4n) is 2.91. The van der Waals surface area contributed by atoms with Crippen LogP contribution >= 0.6 is 0 Å². The number of amides is 1. The van der Waals surface area contributed by atoms with Crippen LogP contribution in [0.15, 0.2) is 12.3 Å². The van der Waals surface area contributed by atoms with Gasteiger partial charge in [-0.05, 0) is 26.8 Å². The van der Waals surface area contributed by atoms with Crippen molar-refractivity contribution in [1.82, 2.24) is 9.88 Å². The lowest BCUT2D eigenvalue weighted by atomic mass is 10.0. The van der Waals surface area contributed by atoms with Gasteiger partial charge in [-0.1, -0.05) is 0 Å². The van der Waals surface area contributed by atoms with E-state index < -0.39 is 11.7 Å². The minimum absolute atomic E-state index is 0.0664. The third-order valence-corrected chi connectivity index (χ3v) is 4.11. The summed E-state index contributed by atoms with van der Waals surface area (Å²) in [6.45, 7) is 6.64. The second-order valence-electron chi connectivity index (χ2n) is 6.81. The van der Waals surface area contributed by atoms with Crippen molar-refractivity contribution < 1.29 is 22.7 Å². The van der Waals surface area contributed by atoms with E-state index in [1.54, 1.807) is 9.80 Å². The normalized spacial score (nSPS) is 21.7. The van der Waals surface area contributed by atoms with Crippen molar-refractivity contribution in [1.29, 1.82) is 0 Å². The van der Waals surface area contributed by atoms with Crippen LogP contribution < -0.4 is 9.64 Å². The van der Waals surface area contributed by atoms with E-state index in [-0.39, 0.29) is 36.4 Å². The van der Waals surface area contributed by atoms with Gasteiger partial charge in [0.1, 0.15) is 6.61 Å². The van der Waals surface area contributed by atoms with Gasteiger partial charge in [-0.3, -0.25) is 4.79 Å². The number of halogens is 3. The second kappa shape index (κ2) is 5.01. The number of hydrogen-bond donors (Lipinski definition) is 0. The van der Waals surface area contributed by atoms with Gasteiger partial charge >= 0.3 is 6.18 Å². The van der Waals surface area contributed by atoms with Gasteiger partial charge in [0.15, 0.2) is 11.6 Å². The van der Waals surface area contributed by atoms with Crippen LogP contribution in [0, 0.1) is 0 Å². The van der Waals surface area contributed by atoms with Crippen molar-refractivity contribution in [2.45, 2.75) is 38.5 Å². The lowest BCUT2D eigenvalue weighted by molar-refractivity contribution is -0.139. The summed E-state index contributed by atoms with van der Waals surface area (Å²) in [5, 5.41) is 0. The van der Waals surface area contributed by atoms with Crippen LogP contribution in [0.3, 0.4) is 0 Å². The summed E-state index contributed by atoms with van der Waals surface area (Å²) in [5.74, 6) is 0.313. The first-order chi connectivity index (χ1) is 10.6. The van der Waals surface area contributed by atoms with Crippen molar-refractivity contribution >= 4 is 11.7 Å². The maximum absolute atomic E-state index is 12.8. The SMILES string of the molecule is CC(C)(C)N1C[C@@H]2COc3cc(C(F)(F)F)cnc3N2CC1=O. The van der Waals surface area contributed by atoms with E-state index in [0.717, 1.165) is 12.3 Å². The number of anilines is 1. The molecule has 126 valence electrons. The van der Waals surface area contributed by atoms with Gasteiger partial charge in [-0.25, -0.2) is 4.98 Å². The summed E-state index contributed by atoms with van der Waals surface area (Å²) >= 11 is 0. The molecule has 1 aromatic heterocycles. The Balaban J connectivity index is 1.90. The van der Waals surface area contributed by atoms with Gasteiger partial charge in [0, 0.05) is 18.3 Å². The maximum Gasteiger partial charge on any atom is 0.418 e. The molecule has 1 atom stereocenters. The molecule has 2 aliphatic heterocycles. The largest absolute Gasteiger partial charge is 0.487 e. The van der Waals surface area contributed by atoms with Gasteiger partial charge < -0.3 is 14.5 Å². The van der Waals surface area contributed by atoms with E-state index in [1.807, 2.05) is 20.8 Å². The molecule has 0 spiro atoms. The fraction of sp³-hybridized carbons (Fsp3) is 0.600. The number of carbonyl (C=O) groups is 1. The average molecular weight is 329 g/mol. The lowest BCUT2D eigenvalue weighted by Gasteiger charge is -2.48. The topological polar surface area (TPSA) is 45.7 Å². The molecule has 23 heavy (non-hydrogen) atoms. The number of carbonyl (C=O) groups excluding carboxylic acids is 1. The summed E-state index contributed by atoms with van der Waals surface area (Å²) < 4.78 is 43.8. The van der Waals surface area contributed by atoms with E-state index in [0.29, 0.717) is 12.4 Å². The molecular formula is C15H18F3N3O2. The minimum Gasteiger partial charge on any atom is -0.487 e. The molecule has 1 saturated heterocycles. The molecule has 0 aromatic carbocycles. The first kappa shape index (κ1) is 15.9. The summed E-state index contributed by atoms with van der Waals surface area (Å²) in [4.78, 5) is 19.8. The van der Waals surface area contributed by atoms with E-state index in [1.165, 1.54) is 0 Å². The fourth-order valence-corrected chi connectivity index (χ4v) is 2.91. The molecule has 1 amide bonds. The zero-order valence-corrected chi connectivity index (χ0v) is 13.1. The summed E-state index contributed by atoms with van der Waals surface area (Å²) in [7, 11) is 0. The molecule has 0 radical (unpaired) electrons. The van der Waals surface area contributed by atoms with Gasteiger partial charge in [0.2, 0.25) is 5.91 Å². The maximum atomic E-state index is 12.8. The first-order valence-electron chi connectivity index (χ1n) is 7.34. The standard InChI is InChI=1S/C15H18F3N3O2/c1-14(2,3)21-6-10-8-23-11-4-9(15(16,17)18)5-19-13(11)20(10)7-12(21)22/h4-5,10H,6-8H2,1-3H3/t10-/m1/s1. The van der Waals surface area contributed by atoms with Crippen LogP contribution in [0.25, 0.3) is 0 Å². The Morgan fingerprint density at radius 1 is 1.30 bits per heavy atom. The summed E-state index contributed by atoms with van der Waals surface area (Å²) in [6, 6.07) is 0.836. The highest BCUT2D eigenvalue weighted by atomic mass is 19.4. The highest BCUT2D eigenvalue weighted by Crippen LogP contribution is 2.39. The van der Waals surface area contributed by atoms with E-state index in [9.17, 15) is 18.0 Å². The molecule has 0 aliphatic carbocycles. The number of nitrogens with zero attached hydrogens (tertiary/aromatic N) is 3. The van der Waals surface area contributed by atoms with Crippen LogP contribution in [0.1, 0.15) is 26.3 Å². The summed E-state index contributed by atoms with van der Waals surface area (Å²) in [6.07, 6.45) is -3.69. The molecule has 5 nitrogen and oxygen atoms in total. The zero-order valence-electron chi connectivity index (χ0n) is 13.1. The third kappa shape index (κ3) is 2.82. The molecule has 2 aliphatic rings. The molecule has 8 heteroatoms. The van der Waals surface area contributed by atoms with Gasteiger partial charge in [0.05, 0.1) is 18.2 Å². The highest BCUT2D eigenvalue weighted by Gasteiger charge is 2.42. The van der Waals surface area contributed by atoms with Crippen molar-refractivity contribution in [2.24, 2.45) is 0 Å². The predicted octanol–water partition coefficient (Wildman–Crippen LogP) is 2.31. The second-order valence-corrected chi connectivity index (χ2v) is 6.81. The van der Waals surface area contributed by atoms with Gasteiger partial charge in [0.25, 0.3) is 0 Å². The highest BCUT2D eigenvalue weighted by molar-refractivity contribution is 5.84. The predicted molar refractivity (Wildman–Crippen MR) is 77.3 cm³/mol. The molecular weight excluding hydrogens is 311 g/mol. The monoisotopic (exact) mass is 329 g/mol. The Hall–Kier alpha value is -1.99. The smallest absolute Gasteiger partial charge is 0.418 e. The number of piperazine rings is 1. The van der Waals surface area contributed by atoms with Crippen LogP contribution in [-0.2, 0) is 11.0 Å². The van der Waals surface area contributed by atoms with Crippen molar-refractivity contribution in [3.63, 3.8) is 0 Å². The number of fused-ring (bicyclic) bond motifs is 3. The Kier molecular flexibility index (Phi) is 3.46. The Bertz CT molecular complexity index is 640. The Morgan fingerprint density at radius 3 is 2.61 bits per heavy atom. The first-order valence-corrected chi connectivity index (χ1v) is 7.34. The summed E-state index contributed by atoms with van der Waals surface area (Å²) in [5.41, 5.74) is -1.16. The Morgan fingerprint density at radius 2 is 2.00 bits per heavy atom. The van der Waals surface area contributed by atoms with E-state index >= 15 is 0 Å². The molecule has 0 saturated carbocycles. The minimum atomic E-state index is -4.47. The number of hydrogen-bond acceptors (Lipinski definition) is 4. The number of alkyl halides is 3. The van der Waals surface area contributed by atoms with Crippen molar-refractivity contribution in [3.8, 4) is 5.75 Å². The molecule has 1 aromatic rings. The van der Waals surface area contributed by atoms with E-state index in [2.05, 4.69) is 4.98 Å². The number of ether oxygens (including phenoxy) is 1. The zero-order chi connectivity index (χ0) is 17.0. The molecule has 3 heterocycles. The van der Waals surface area contributed by atoms with E-state index in [4.69, 9.17) is 4.74 Å². The van der Waals surface area contributed by atoms with Gasteiger partial charge in [-0.15, -0.1) is 0 Å². The molecule has 0 unspecified atom stereocenters. The molecule has 0 N–H and O–H groups in total. The molecule has 3 rings (SSSR count). The van der Waals surface area contributed by atoms with Crippen LogP contribution in [0.4, 0.5) is 19.0 Å². The van der Waals surface area contributed by atoms with Crippen LogP contribution in [-0.4, -0.2) is 47.1 Å². The lowest BCUT2D eigenvalue weighted by Crippen LogP contribution is -2.63. The number of aromatic nitrogens is 1. The number of rotatable bonds is 0. The average Bonchev–Trinajstić information content (AvgIpc) is 2.43. The molecule has 1 fully saturated rings.